The number of nitrogens with zero attached hydrogens (tertiary/aromatic N) is 3. The first-order chi connectivity index (χ1) is 15.6. The molecule has 32 heavy (non-hydrogen) atoms. The zero-order valence-corrected chi connectivity index (χ0v) is 19.1. The van der Waals surface area contributed by atoms with Gasteiger partial charge in [0.25, 0.3) is 0 Å². The van der Waals surface area contributed by atoms with Gasteiger partial charge in [0.1, 0.15) is 5.75 Å². The summed E-state index contributed by atoms with van der Waals surface area (Å²) in [6.45, 7) is 0.335. The Morgan fingerprint density at radius 2 is 2.00 bits per heavy atom. The van der Waals surface area contributed by atoms with Crippen LogP contribution in [-0.4, -0.2) is 41.4 Å². The molecule has 9 heteroatoms. The third-order valence-electron chi connectivity index (χ3n) is 4.93. The van der Waals surface area contributed by atoms with E-state index in [1.165, 1.54) is 11.3 Å². The second-order valence-corrected chi connectivity index (χ2v) is 9.33. The molecule has 2 amide bonds. The standard InChI is InChI=1S/C23H22N4O3S2/c1-30-19-11-9-18(10-12-19)27-15-17(14-20(27)28)21(29)24-22-25-26-23(32-22)31-13-5-8-16-6-3-2-4-7-16/h2-12,17H,13-15H2,1H3,(H,24,25,29)/b8-5+/t17-/m1/s1. The van der Waals surface area contributed by atoms with Crippen LogP contribution < -0.4 is 15.0 Å². The maximum atomic E-state index is 12.7. The lowest BCUT2D eigenvalue weighted by Crippen LogP contribution is -2.28. The predicted molar refractivity (Wildman–Crippen MR) is 128 cm³/mol. The molecule has 0 aliphatic carbocycles. The first kappa shape index (κ1) is 22.0. The number of benzene rings is 2. The average molecular weight is 467 g/mol. The van der Waals surface area contributed by atoms with Gasteiger partial charge in [0.2, 0.25) is 16.9 Å². The van der Waals surface area contributed by atoms with Crippen molar-refractivity contribution in [1.29, 1.82) is 0 Å². The van der Waals surface area contributed by atoms with Gasteiger partial charge in [-0.05, 0) is 29.8 Å². The van der Waals surface area contributed by atoms with E-state index in [0.717, 1.165) is 27.1 Å². The lowest BCUT2D eigenvalue weighted by atomic mass is 10.1. The van der Waals surface area contributed by atoms with Gasteiger partial charge in [0.05, 0.1) is 13.0 Å². The molecule has 4 rings (SSSR count). The number of carbonyl (C=O) groups excluding carboxylic acids is 2. The largest absolute Gasteiger partial charge is 0.497 e. The molecule has 0 saturated carbocycles. The van der Waals surface area contributed by atoms with Crippen LogP contribution in [0.4, 0.5) is 10.8 Å². The minimum absolute atomic E-state index is 0.0750. The number of ether oxygens (including phenoxy) is 1. The summed E-state index contributed by atoms with van der Waals surface area (Å²) in [5, 5.41) is 11.4. The van der Waals surface area contributed by atoms with E-state index < -0.39 is 5.92 Å². The van der Waals surface area contributed by atoms with Crippen LogP contribution in [0, 0.1) is 5.92 Å². The van der Waals surface area contributed by atoms with E-state index >= 15 is 0 Å². The van der Waals surface area contributed by atoms with Crippen LogP contribution in [0.5, 0.6) is 5.75 Å². The Labute approximate surface area is 194 Å². The fourth-order valence-corrected chi connectivity index (χ4v) is 4.88. The fourth-order valence-electron chi connectivity index (χ4n) is 3.29. The molecule has 0 spiro atoms. The van der Waals surface area contributed by atoms with E-state index in [-0.39, 0.29) is 18.2 Å². The van der Waals surface area contributed by atoms with Gasteiger partial charge in [0.15, 0.2) is 4.34 Å². The third-order valence-corrected chi connectivity index (χ3v) is 6.85. The summed E-state index contributed by atoms with van der Waals surface area (Å²) in [4.78, 5) is 26.7. The molecule has 0 bridgehead atoms. The fraction of sp³-hybridized carbons (Fsp3) is 0.217. The van der Waals surface area contributed by atoms with Crippen LogP contribution in [-0.2, 0) is 9.59 Å². The lowest BCUT2D eigenvalue weighted by molar-refractivity contribution is -0.122. The number of rotatable bonds is 8. The summed E-state index contributed by atoms with van der Waals surface area (Å²) < 4.78 is 5.93. The van der Waals surface area contributed by atoms with E-state index in [0.29, 0.717) is 11.7 Å². The van der Waals surface area contributed by atoms with Crippen molar-refractivity contribution >= 4 is 51.8 Å². The number of aromatic nitrogens is 2. The van der Waals surface area contributed by atoms with Gasteiger partial charge in [-0.3, -0.25) is 9.59 Å². The van der Waals surface area contributed by atoms with Crippen molar-refractivity contribution in [3.8, 4) is 5.75 Å². The summed E-state index contributed by atoms with van der Waals surface area (Å²) in [7, 11) is 1.59. The van der Waals surface area contributed by atoms with Crippen molar-refractivity contribution in [3.05, 3.63) is 66.2 Å². The normalized spacial score (nSPS) is 16.0. The van der Waals surface area contributed by atoms with Crippen LogP contribution in [0.15, 0.2) is 65.0 Å². The Bertz CT molecular complexity index is 1100. The van der Waals surface area contributed by atoms with Crippen molar-refractivity contribution in [2.45, 2.75) is 10.8 Å². The number of hydrogen-bond acceptors (Lipinski definition) is 7. The molecule has 1 aliphatic rings. The number of nitrogens with one attached hydrogen (secondary N) is 1. The Hall–Kier alpha value is -3.17. The van der Waals surface area contributed by atoms with Crippen molar-refractivity contribution in [3.63, 3.8) is 0 Å². The van der Waals surface area contributed by atoms with Crippen LogP contribution >= 0.6 is 23.1 Å². The average Bonchev–Trinajstić information content (AvgIpc) is 3.44. The molecule has 1 N–H and O–H groups in total. The van der Waals surface area contributed by atoms with E-state index in [1.54, 1.807) is 35.9 Å². The predicted octanol–water partition coefficient (Wildman–Crippen LogP) is 4.34. The van der Waals surface area contributed by atoms with Gasteiger partial charge in [0, 0.05) is 24.4 Å². The van der Waals surface area contributed by atoms with Gasteiger partial charge in [-0.25, -0.2) is 0 Å². The highest BCUT2D eigenvalue weighted by Crippen LogP contribution is 2.29. The van der Waals surface area contributed by atoms with Crippen LogP contribution in [0.3, 0.4) is 0 Å². The van der Waals surface area contributed by atoms with E-state index in [1.807, 2.05) is 42.5 Å². The molecule has 1 aliphatic heterocycles. The number of methoxy groups -OCH3 is 1. The summed E-state index contributed by atoms with van der Waals surface area (Å²) in [6, 6.07) is 17.3. The molecule has 1 saturated heterocycles. The molecule has 1 fully saturated rings. The summed E-state index contributed by atoms with van der Waals surface area (Å²) in [5.74, 6) is 0.750. The molecule has 2 heterocycles. The maximum Gasteiger partial charge on any atom is 0.231 e. The summed E-state index contributed by atoms with van der Waals surface area (Å²) in [6.07, 6.45) is 4.29. The van der Waals surface area contributed by atoms with Gasteiger partial charge >= 0.3 is 0 Å². The van der Waals surface area contributed by atoms with Crippen LogP contribution in [0.25, 0.3) is 6.08 Å². The molecular weight excluding hydrogens is 444 g/mol. The first-order valence-electron chi connectivity index (χ1n) is 10.1. The smallest absolute Gasteiger partial charge is 0.231 e. The summed E-state index contributed by atoms with van der Waals surface area (Å²) in [5.41, 5.74) is 1.90. The second kappa shape index (κ2) is 10.4. The summed E-state index contributed by atoms with van der Waals surface area (Å²) >= 11 is 2.89. The van der Waals surface area contributed by atoms with Crippen LogP contribution in [0.2, 0.25) is 0 Å². The minimum Gasteiger partial charge on any atom is -0.497 e. The molecule has 0 radical (unpaired) electrons. The Kier molecular flexibility index (Phi) is 7.18. The number of anilines is 2. The highest BCUT2D eigenvalue weighted by atomic mass is 32.2. The van der Waals surface area contributed by atoms with Gasteiger partial charge in [-0.15, -0.1) is 10.2 Å². The second-order valence-electron chi connectivity index (χ2n) is 7.09. The van der Waals surface area contributed by atoms with Crippen molar-refractivity contribution in [2.75, 3.05) is 29.6 Å². The number of amides is 2. The highest BCUT2D eigenvalue weighted by molar-refractivity contribution is 8.01. The molecule has 1 atom stereocenters. The zero-order chi connectivity index (χ0) is 22.3. The van der Waals surface area contributed by atoms with E-state index in [9.17, 15) is 9.59 Å². The van der Waals surface area contributed by atoms with E-state index in [4.69, 9.17) is 4.74 Å². The molecular formula is C23H22N4O3S2. The monoisotopic (exact) mass is 466 g/mol. The Morgan fingerprint density at radius 1 is 1.22 bits per heavy atom. The molecule has 0 unspecified atom stereocenters. The molecule has 3 aromatic rings. The third kappa shape index (κ3) is 5.54. The maximum absolute atomic E-state index is 12.7. The van der Waals surface area contributed by atoms with Crippen molar-refractivity contribution < 1.29 is 14.3 Å². The van der Waals surface area contributed by atoms with Crippen molar-refractivity contribution in [1.82, 2.24) is 10.2 Å². The number of carbonyl (C=O) groups is 2. The quantitative estimate of drug-likeness (QED) is 0.393. The van der Waals surface area contributed by atoms with E-state index in [2.05, 4.69) is 27.7 Å². The Balaban J connectivity index is 1.28. The van der Waals surface area contributed by atoms with Crippen LogP contribution in [0.1, 0.15) is 12.0 Å². The lowest BCUT2D eigenvalue weighted by Gasteiger charge is -2.16. The molecule has 7 nitrogen and oxygen atoms in total. The van der Waals surface area contributed by atoms with Gasteiger partial charge < -0.3 is 15.0 Å². The SMILES string of the molecule is COc1ccc(N2C[C@H](C(=O)Nc3nnc(SC/C=C/c4ccccc4)s3)CC2=O)cc1. The minimum atomic E-state index is -0.432. The number of thioether (sulfide) groups is 1. The van der Waals surface area contributed by atoms with Gasteiger partial charge in [-0.2, -0.15) is 0 Å². The van der Waals surface area contributed by atoms with Crippen molar-refractivity contribution in [2.24, 2.45) is 5.92 Å². The first-order valence-corrected chi connectivity index (χ1v) is 11.9. The molecule has 1 aromatic heterocycles. The number of hydrogen-bond donors (Lipinski definition) is 1. The highest BCUT2D eigenvalue weighted by Gasteiger charge is 2.35. The topological polar surface area (TPSA) is 84.4 Å². The Morgan fingerprint density at radius 3 is 2.75 bits per heavy atom. The zero-order valence-electron chi connectivity index (χ0n) is 17.4. The molecule has 2 aromatic carbocycles. The molecule has 164 valence electrons. The van der Waals surface area contributed by atoms with Gasteiger partial charge in [-0.1, -0.05) is 65.6 Å².